The van der Waals surface area contributed by atoms with Gasteiger partial charge in [-0.05, 0) is 37.8 Å². The molecule has 2 atom stereocenters. The summed E-state index contributed by atoms with van der Waals surface area (Å²) in [6.07, 6.45) is 8.22. The molecule has 1 aliphatic carbocycles. The van der Waals surface area contributed by atoms with Gasteiger partial charge in [0.2, 0.25) is 0 Å². The molecule has 1 aliphatic heterocycles. The highest BCUT2D eigenvalue weighted by Crippen LogP contribution is 2.34. The SMILES string of the molecule is C[C@@H]1CC(C=O)Nc2ccc(OCC3CCCCC3)cc2O1. The number of hydrogen-bond donors (Lipinski definition) is 1. The number of aldehydes is 1. The van der Waals surface area contributed by atoms with Gasteiger partial charge in [-0.3, -0.25) is 0 Å². The summed E-state index contributed by atoms with van der Waals surface area (Å²) in [6.45, 7) is 2.78. The summed E-state index contributed by atoms with van der Waals surface area (Å²) in [7, 11) is 0. The minimum absolute atomic E-state index is 0.0116. The highest BCUT2D eigenvalue weighted by molar-refractivity contribution is 5.69. The number of rotatable bonds is 4. The topological polar surface area (TPSA) is 47.6 Å². The van der Waals surface area contributed by atoms with E-state index in [2.05, 4.69) is 5.32 Å². The summed E-state index contributed by atoms with van der Waals surface area (Å²) in [5, 5.41) is 3.22. The Morgan fingerprint density at radius 3 is 2.91 bits per heavy atom. The first-order valence-corrected chi connectivity index (χ1v) is 8.40. The van der Waals surface area contributed by atoms with Crippen molar-refractivity contribution in [1.82, 2.24) is 0 Å². The van der Waals surface area contributed by atoms with Crippen LogP contribution in [-0.2, 0) is 4.79 Å². The van der Waals surface area contributed by atoms with E-state index in [4.69, 9.17) is 9.47 Å². The molecule has 0 saturated heterocycles. The van der Waals surface area contributed by atoms with Crippen molar-refractivity contribution in [2.45, 2.75) is 57.6 Å². The van der Waals surface area contributed by atoms with Gasteiger partial charge in [-0.1, -0.05) is 19.3 Å². The molecule has 1 unspecified atom stereocenters. The Kier molecular flexibility index (Phi) is 4.86. The van der Waals surface area contributed by atoms with Crippen LogP contribution in [0.5, 0.6) is 11.5 Å². The highest BCUT2D eigenvalue weighted by Gasteiger charge is 2.21. The number of fused-ring (bicyclic) bond motifs is 1. The first-order valence-electron chi connectivity index (χ1n) is 8.40. The summed E-state index contributed by atoms with van der Waals surface area (Å²) in [6, 6.07) is 5.65. The van der Waals surface area contributed by atoms with Gasteiger partial charge in [0.15, 0.2) is 0 Å². The Morgan fingerprint density at radius 2 is 2.14 bits per heavy atom. The molecule has 1 heterocycles. The molecule has 4 nitrogen and oxygen atoms in total. The van der Waals surface area contributed by atoms with Gasteiger partial charge in [-0.2, -0.15) is 0 Å². The molecular weight excluding hydrogens is 278 g/mol. The van der Waals surface area contributed by atoms with Crippen LogP contribution in [0, 0.1) is 5.92 Å². The van der Waals surface area contributed by atoms with Crippen LogP contribution in [0.15, 0.2) is 18.2 Å². The van der Waals surface area contributed by atoms with Crippen LogP contribution in [0.25, 0.3) is 0 Å². The molecule has 0 spiro atoms. The maximum atomic E-state index is 11.1. The molecular formula is C18H25NO3. The molecule has 1 fully saturated rings. The molecule has 0 radical (unpaired) electrons. The van der Waals surface area contributed by atoms with Crippen molar-refractivity contribution in [2.75, 3.05) is 11.9 Å². The van der Waals surface area contributed by atoms with Gasteiger partial charge in [0.05, 0.1) is 24.4 Å². The van der Waals surface area contributed by atoms with E-state index in [0.717, 1.165) is 30.1 Å². The first-order chi connectivity index (χ1) is 10.7. The molecule has 0 bridgehead atoms. The second-order valence-corrected chi connectivity index (χ2v) is 6.52. The van der Waals surface area contributed by atoms with Crippen molar-refractivity contribution in [3.8, 4) is 11.5 Å². The monoisotopic (exact) mass is 303 g/mol. The Morgan fingerprint density at radius 1 is 1.32 bits per heavy atom. The lowest BCUT2D eigenvalue weighted by Crippen LogP contribution is -2.24. The van der Waals surface area contributed by atoms with Gasteiger partial charge in [-0.25, -0.2) is 0 Å². The number of ether oxygens (including phenoxy) is 2. The lowest BCUT2D eigenvalue weighted by Gasteiger charge is -2.22. The molecule has 120 valence electrons. The maximum Gasteiger partial charge on any atom is 0.146 e. The van der Waals surface area contributed by atoms with Crippen LogP contribution in [0.4, 0.5) is 5.69 Å². The lowest BCUT2D eigenvalue weighted by molar-refractivity contribution is -0.108. The van der Waals surface area contributed by atoms with Gasteiger partial charge in [0.25, 0.3) is 0 Å². The molecule has 4 heteroatoms. The molecule has 1 saturated carbocycles. The van der Waals surface area contributed by atoms with Crippen molar-refractivity contribution < 1.29 is 14.3 Å². The molecule has 1 aromatic rings. The second kappa shape index (κ2) is 7.03. The Balaban J connectivity index is 1.66. The summed E-state index contributed by atoms with van der Waals surface area (Å²) in [5.74, 6) is 2.31. The van der Waals surface area contributed by atoms with E-state index in [1.807, 2.05) is 25.1 Å². The quantitative estimate of drug-likeness (QED) is 0.860. The van der Waals surface area contributed by atoms with E-state index >= 15 is 0 Å². The Labute approximate surface area is 132 Å². The van der Waals surface area contributed by atoms with Gasteiger partial charge in [0.1, 0.15) is 17.8 Å². The fraction of sp³-hybridized carbons (Fsp3) is 0.611. The summed E-state index contributed by atoms with van der Waals surface area (Å²) in [4.78, 5) is 11.1. The first kappa shape index (κ1) is 15.2. The van der Waals surface area contributed by atoms with Crippen molar-refractivity contribution in [3.05, 3.63) is 18.2 Å². The molecule has 2 aliphatic rings. The van der Waals surface area contributed by atoms with Crippen LogP contribution in [0.3, 0.4) is 0 Å². The molecule has 0 amide bonds. The van der Waals surface area contributed by atoms with Crippen molar-refractivity contribution in [1.29, 1.82) is 0 Å². The average Bonchev–Trinajstić information content (AvgIpc) is 2.71. The third-order valence-electron chi connectivity index (χ3n) is 4.58. The fourth-order valence-corrected chi connectivity index (χ4v) is 3.35. The van der Waals surface area contributed by atoms with E-state index in [1.165, 1.54) is 32.1 Å². The molecule has 1 aromatic carbocycles. The van der Waals surface area contributed by atoms with Gasteiger partial charge < -0.3 is 19.6 Å². The Bertz CT molecular complexity index is 511. The highest BCUT2D eigenvalue weighted by atomic mass is 16.5. The summed E-state index contributed by atoms with van der Waals surface area (Å²) >= 11 is 0. The van der Waals surface area contributed by atoms with Crippen molar-refractivity contribution in [3.63, 3.8) is 0 Å². The zero-order valence-corrected chi connectivity index (χ0v) is 13.2. The average molecular weight is 303 g/mol. The summed E-state index contributed by atoms with van der Waals surface area (Å²) < 4.78 is 11.9. The predicted octanol–water partition coefficient (Wildman–Crippen LogP) is 3.80. The van der Waals surface area contributed by atoms with Crippen LogP contribution < -0.4 is 14.8 Å². The zero-order valence-electron chi connectivity index (χ0n) is 13.2. The van der Waals surface area contributed by atoms with Crippen LogP contribution in [-0.4, -0.2) is 25.0 Å². The second-order valence-electron chi connectivity index (χ2n) is 6.52. The largest absolute Gasteiger partial charge is 0.493 e. The molecule has 22 heavy (non-hydrogen) atoms. The number of nitrogens with one attached hydrogen (secondary N) is 1. The number of carbonyl (C=O) groups is 1. The van der Waals surface area contributed by atoms with E-state index in [1.54, 1.807) is 0 Å². The van der Waals surface area contributed by atoms with E-state index < -0.39 is 0 Å². The standard InChI is InChI=1S/C18H25NO3/c1-13-9-15(11-20)19-17-8-7-16(10-18(17)22-13)21-12-14-5-3-2-4-6-14/h7-8,10-11,13-15,19H,2-6,9,12H2,1H3/t13-,15?/m1/s1. The van der Waals surface area contributed by atoms with Crippen LogP contribution >= 0.6 is 0 Å². The maximum absolute atomic E-state index is 11.1. The van der Waals surface area contributed by atoms with Crippen LogP contribution in [0.1, 0.15) is 45.4 Å². The number of anilines is 1. The summed E-state index contributed by atoms with van der Waals surface area (Å²) in [5.41, 5.74) is 0.867. The normalized spacial score (nSPS) is 25.3. The van der Waals surface area contributed by atoms with Gasteiger partial charge in [-0.15, -0.1) is 0 Å². The smallest absolute Gasteiger partial charge is 0.146 e. The van der Waals surface area contributed by atoms with Crippen LogP contribution in [0.2, 0.25) is 0 Å². The molecule has 3 rings (SSSR count). The predicted molar refractivity (Wildman–Crippen MR) is 86.7 cm³/mol. The van der Waals surface area contributed by atoms with E-state index in [-0.39, 0.29) is 12.1 Å². The van der Waals surface area contributed by atoms with Crippen molar-refractivity contribution >= 4 is 12.0 Å². The van der Waals surface area contributed by atoms with Crippen molar-refractivity contribution in [2.24, 2.45) is 5.92 Å². The van der Waals surface area contributed by atoms with Gasteiger partial charge >= 0.3 is 0 Å². The number of carbonyl (C=O) groups excluding carboxylic acids is 1. The molecule has 1 N–H and O–H groups in total. The lowest BCUT2D eigenvalue weighted by atomic mass is 9.90. The van der Waals surface area contributed by atoms with Gasteiger partial charge in [0, 0.05) is 12.5 Å². The minimum atomic E-state index is -0.190. The Hall–Kier alpha value is -1.71. The number of benzene rings is 1. The molecule has 0 aromatic heterocycles. The third kappa shape index (κ3) is 3.73. The van der Waals surface area contributed by atoms with E-state index in [0.29, 0.717) is 12.3 Å². The third-order valence-corrected chi connectivity index (χ3v) is 4.58. The number of hydrogen-bond acceptors (Lipinski definition) is 4. The fourth-order valence-electron chi connectivity index (χ4n) is 3.35. The zero-order chi connectivity index (χ0) is 15.4. The van der Waals surface area contributed by atoms with E-state index in [9.17, 15) is 4.79 Å². The minimum Gasteiger partial charge on any atom is -0.493 e.